The van der Waals surface area contributed by atoms with Gasteiger partial charge in [-0.15, -0.1) is 0 Å². The minimum Gasteiger partial charge on any atom is -0.412 e. The smallest absolute Gasteiger partial charge is 0.332 e. The van der Waals surface area contributed by atoms with Crippen molar-refractivity contribution in [2.75, 3.05) is 13.2 Å². The van der Waals surface area contributed by atoms with E-state index in [4.69, 9.17) is 9.47 Å². The highest BCUT2D eigenvalue weighted by Crippen LogP contribution is 2.11. The molecule has 0 saturated carbocycles. The quantitative estimate of drug-likeness (QED) is 0.632. The summed E-state index contributed by atoms with van der Waals surface area (Å²) in [4.78, 5) is 28.1. The molecule has 2 aromatic heterocycles. The van der Waals surface area contributed by atoms with Crippen molar-refractivity contribution in [3.05, 3.63) is 27.2 Å². The largest absolute Gasteiger partial charge is 0.412 e. The van der Waals surface area contributed by atoms with Crippen molar-refractivity contribution in [2.24, 2.45) is 14.1 Å². The maximum Gasteiger partial charge on any atom is 0.332 e. The van der Waals surface area contributed by atoms with E-state index in [0.717, 1.165) is 4.57 Å². The zero-order chi connectivity index (χ0) is 13.6. The van der Waals surface area contributed by atoms with Crippen LogP contribution in [0.15, 0.2) is 15.9 Å². The first-order valence-electron chi connectivity index (χ1n) is 5.93. The normalized spacial score (nSPS) is 15.7. The number of rotatable bonds is 2. The van der Waals surface area contributed by atoms with Gasteiger partial charge in [-0.3, -0.25) is 13.9 Å². The van der Waals surface area contributed by atoms with Crippen molar-refractivity contribution < 1.29 is 14.9 Å². The van der Waals surface area contributed by atoms with Crippen LogP contribution in [0.5, 0.6) is 0 Å². The van der Waals surface area contributed by atoms with Crippen LogP contribution in [0.2, 0.25) is 0 Å². The Balaban J connectivity index is 0.00000147. The van der Waals surface area contributed by atoms with Crippen molar-refractivity contribution >= 4 is 11.2 Å². The van der Waals surface area contributed by atoms with Gasteiger partial charge >= 0.3 is 5.69 Å². The third kappa shape index (κ3) is 2.05. The summed E-state index contributed by atoms with van der Waals surface area (Å²) < 4.78 is 14.8. The molecule has 20 heavy (non-hydrogen) atoms. The van der Waals surface area contributed by atoms with E-state index in [-0.39, 0.29) is 17.3 Å². The Kier molecular flexibility index (Phi) is 3.75. The lowest BCUT2D eigenvalue weighted by molar-refractivity contribution is -0.0518. The Labute approximate surface area is 113 Å². The predicted octanol–water partition coefficient (Wildman–Crippen LogP) is -2.02. The topological polar surface area (TPSA) is 112 Å². The van der Waals surface area contributed by atoms with Gasteiger partial charge in [0.15, 0.2) is 17.5 Å². The predicted molar refractivity (Wildman–Crippen MR) is 69.5 cm³/mol. The van der Waals surface area contributed by atoms with E-state index in [0.29, 0.717) is 30.9 Å². The third-order valence-electron chi connectivity index (χ3n) is 3.25. The highest BCUT2D eigenvalue weighted by Gasteiger charge is 2.20. The Hall–Kier alpha value is -1.97. The summed E-state index contributed by atoms with van der Waals surface area (Å²) in [6, 6.07) is 0. The molecule has 0 aromatic carbocycles. The number of nitrogens with zero attached hydrogens (tertiary/aromatic N) is 4. The number of fused-ring (bicyclic) bond motifs is 1. The minimum absolute atomic E-state index is 0. The van der Waals surface area contributed by atoms with Gasteiger partial charge in [0.05, 0.1) is 26.1 Å². The first kappa shape index (κ1) is 14.4. The fourth-order valence-electron chi connectivity index (χ4n) is 2.21. The van der Waals surface area contributed by atoms with Crippen LogP contribution in [-0.2, 0) is 30.1 Å². The number of hydrogen-bond donors (Lipinski definition) is 0. The minimum atomic E-state index is -0.392. The standard InChI is InChI=1S/C11H14N4O4.H2O/c1-13-9-8(10(16)14(2)11(13)17)15(6-12-9)5-7-18-3-4-19-7;/h6-7H,3-5H2,1-2H3;1H2. The van der Waals surface area contributed by atoms with E-state index in [1.165, 1.54) is 17.9 Å². The van der Waals surface area contributed by atoms with E-state index in [1.807, 2.05) is 0 Å². The Morgan fingerprint density at radius 3 is 2.55 bits per heavy atom. The van der Waals surface area contributed by atoms with E-state index in [2.05, 4.69) is 4.98 Å². The Morgan fingerprint density at radius 2 is 1.90 bits per heavy atom. The lowest BCUT2D eigenvalue weighted by Crippen LogP contribution is -2.37. The van der Waals surface area contributed by atoms with Crippen molar-refractivity contribution in [1.82, 2.24) is 18.7 Å². The SMILES string of the molecule is Cn1c(=O)c2c(ncn2CC2OCCO2)n(C)c1=O.O. The molecule has 0 unspecified atom stereocenters. The van der Waals surface area contributed by atoms with Gasteiger partial charge in [-0.05, 0) is 0 Å². The summed E-state index contributed by atoms with van der Waals surface area (Å²) in [6.07, 6.45) is 1.15. The van der Waals surface area contributed by atoms with Crippen LogP contribution in [0.4, 0.5) is 0 Å². The summed E-state index contributed by atoms with van der Waals surface area (Å²) in [5.41, 5.74) is -0.0143. The highest BCUT2D eigenvalue weighted by molar-refractivity contribution is 5.69. The van der Waals surface area contributed by atoms with Crippen LogP contribution < -0.4 is 11.2 Å². The van der Waals surface area contributed by atoms with Crippen LogP contribution >= 0.6 is 0 Å². The first-order valence-corrected chi connectivity index (χ1v) is 5.93. The molecule has 0 aliphatic carbocycles. The third-order valence-corrected chi connectivity index (χ3v) is 3.25. The molecular weight excluding hydrogens is 268 g/mol. The van der Waals surface area contributed by atoms with Gasteiger partial charge in [-0.1, -0.05) is 0 Å². The molecule has 0 radical (unpaired) electrons. The van der Waals surface area contributed by atoms with Crippen LogP contribution in [0.3, 0.4) is 0 Å². The maximum atomic E-state index is 12.2. The molecule has 0 atom stereocenters. The molecule has 1 aliphatic rings. The van der Waals surface area contributed by atoms with Gasteiger partial charge in [0.2, 0.25) is 0 Å². The number of aromatic nitrogens is 4. The summed E-state index contributed by atoms with van der Waals surface area (Å²) >= 11 is 0. The molecule has 0 spiro atoms. The Morgan fingerprint density at radius 1 is 1.25 bits per heavy atom. The van der Waals surface area contributed by atoms with E-state index < -0.39 is 5.69 Å². The van der Waals surface area contributed by atoms with Crippen molar-refractivity contribution in [3.8, 4) is 0 Å². The lowest BCUT2D eigenvalue weighted by Gasteiger charge is -2.10. The molecule has 3 rings (SSSR count). The summed E-state index contributed by atoms with van der Waals surface area (Å²) in [7, 11) is 3.04. The van der Waals surface area contributed by atoms with Crippen molar-refractivity contribution in [2.45, 2.75) is 12.8 Å². The van der Waals surface area contributed by atoms with Crippen LogP contribution in [0, 0.1) is 0 Å². The van der Waals surface area contributed by atoms with Gasteiger partial charge in [0, 0.05) is 14.1 Å². The first-order chi connectivity index (χ1) is 9.09. The Bertz CT molecular complexity index is 738. The fraction of sp³-hybridized carbons (Fsp3) is 0.545. The second-order valence-electron chi connectivity index (χ2n) is 4.45. The zero-order valence-corrected chi connectivity index (χ0v) is 11.2. The summed E-state index contributed by atoms with van der Waals surface area (Å²) in [6.45, 7) is 1.48. The molecule has 1 fully saturated rings. The van der Waals surface area contributed by atoms with Gasteiger partial charge in [-0.2, -0.15) is 0 Å². The molecule has 9 heteroatoms. The molecule has 0 bridgehead atoms. The average molecular weight is 284 g/mol. The van der Waals surface area contributed by atoms with Crippen LogP contribution in [0.1, 0.15) is 0 Å². The molecule has 9 nitrogen and oxygen atoms in total. The molecule has 2 aromatic rings. The molecule has 1 aliphatic heterocycles. The van der Waals surface area contributed by atoms with E-state index in [1.54, 1.807) is 11.6 Å². The molecule has 0 amide bonds. The summed E-state index contributed by atoms with van der Waals surface area (Å²) in [5, 5.41) is 0. The van der Waals surface area contributed by atoms with Gasteiger partial charge < -0.3 is 19.5 Å². The summed E-state index contributed by atoms with van der Waals surface area (Å²) in [5.74, 6) is 0. The van der Waals surface area contributed by atoms with Gasteiger partial charge in [0.25, 0.3) is 5.56 Å². The van der Waals surface area contributed by atoms with Crippen molar-refractivity contribution in [1.29, 1.82) is 0 Å². The molecule has 3 heterocycles. The zero-order valence-electron chi connectivity index (χ0n) is 11.2. The second-order valence-corrected chi connectivity index (χ2v) is 4.45. The van der Waals surface area contributed by atoms with Gasteiger partial charge in [-0.25, -0.2) is 9.78 Å². The van der Waals surface area contributed by atoms with Crippen LogP contribution in [-0.4, -0.2) is 43.7 Å². The van der Waals surface area contributed by atoms with Gasteiger partial charge in [0.1, 0.15) is 0 Å². The molecule has 1 saturated heterocycles. The fourth-order valence-corrected chi connectivity index (χ4v) is 2.21. The molecular formula is C11H16N4O5. The molecule has 2 N–H and O–H groups in total. The van der Waals surface area contributed by atoms with Crippen LogP contribution in [0.25, 0.3) is 11.2 Å². The second kappa shape index (κ2) is 5.19. The molecule has 110 valence electrons. The monoisotopic (exact) mass is 284 g/mol. The number of ether oxygens (including phenoxy) is 2. The van der Waals surface area contributed by atoms with E-state index >= 15 is 0 Å². The van der Waals surface area contributed by atoms with Crippen molar-refractivity contribution in [3.63, 3.8) is 0 Å². The lowest BCUT2D eigenvalue weighted by atomic mass is 10.5. The number of hydrogen-bond acceptors (Lipinski definition) is 5. The average Bonchev–Trinajstić information content (AvgIpc) is 3.04. The number of aryl methyl sites for hydroxylation is 1. The number of imidazole rings is 1. The highest BCUT2D eigenvalue weighted by atomic mass is 16.7. The maximum absolute atomic E-state index is 12.2. The van der Waals surface area contributed by atoms with E-state index in [9.17, 15) is 9.59 Å².